The van der Waals surface area contributed by atoms with Crippen molar-refractivity contribution < 1.29 is 0 Å². The predicted molar refractivity (Wildman–Crippen MR) is 77.8 cm³/mol. The van der Waals surface area contributed by atoms with E-state index in [0.29, 0.717) is 6.04 Å². The monoisotopic (exact) mass is 253 g/mol. The first-order valence-corrected chi connectivity index (χ1v) is 7.97. The molecule has 0 aromatic carbocycles. The van der Waals surface area contributed by atoms with Crippen LogP contribution in [-0.2, 0) is 0 Å². The molecule has 0 spiro atoms. The Morgan fingerprint density at radius 3 is 2.61 bits per heavy atom. The second-order valence-corrected chi connectivity index (χ2v) is 6.31. The summed E-state index contributed by atoms with van der Waals surface area (Å²) in [5, 5.41) is 0. The molecule has 2 aliphatic heterocycles. The van der Waals surface area contributed by atoms with Crippen LogP contribution in [0.25, 0.3) is 0 Å². The molecule has 2 fully saturated rings. The van der Waals surface area contributed by atoms with Crippen LogP contribution in [0, 0.1) is 0 Å². The van der Waals surface area contributed by atoms with Gasteiger partial charge in [-0.15, -0.1) is 0 Å². The fraction of sp³-hybridized carbons (Fsp3) is 1.00. The lowest BCUT2D eigenvalue weighted by Gasteiger charge is -2.32. The summed E-state index contributed by atoms with van der Waals surface area (Å²) in [6.07, 6.45) is 9.49. The van der Waals surface area contributed by atoms with E-state index in [9.17, 15) is 0 Å². The SMILES string of the molecule is CC(N)CCCCN1CCC(N2CCCCC2)C1. The second kappa shape index (κ2) is 7.46. The highest BCUT2D eigenvalue weighted by Crippen LogP contribution is 2.20. The predicted octanol–water partition coefficient (Wildman–Crippen LogP) is 2.06. The average Bonchev–Trinajstić information content (AvgIpc) is 2.84. The summed E-state index contributed by atoms with van der Waals surface area (Å²) in [7, 11) is 0. The molecule has 3 nitrogen and oxygen atoms in total. The first-order chi connectivity index (χ1) is 8.75. The quantitative estimate of drug-likeness (QED) is 0.736. The molecule has 2 atom stereocenters. The summed E-state index contributed by atoms with van der Waals surface area (Å²) >= 11 is 0. The van der Waals surface area contributed by atoms with Crippen molar-refractivity contribution in [2.75, 3.05) is 32.7 Å². The summed E-state index contributed by atoms with van der Waals surface area (Å²) < 4.78 is 0. The minimum Gasteiger partial charge on any atom is -0.328 e. The van der Waals surface area contributed by atoms with Crippen LogP contribution in [-0.4, -0.2) is 54.6 Å². The normalized spacial score (nSPS) is 28.7. The van der Waals surface area contributed by atoms with Crippen LogP contribution in [0.1, 0.15) is 51.9 Å². The lowest BCUT2D eigenvalue weighted by molar-refractivity contribution is 0.162. The van der Waals surface area contributed by atoms with E-state index in [1.807, 2.05) is 0 Å². The zero-order chi connectivity index (χ0) is 12.8. The minimum absolute atomic E-state index is 0.379. The number of piperidine rings is 1. The molecule has 2 heterocycles. The van der Waals surface area contributed by atoms with Gasteiger partial charge in [0.15, 0.2) is 0 Å². The summed E-state index contributed by atoms with van der Waals surface area (Å²) in [5.41, 5.74) is 5.79. The summed E-state index contributed by atoms with van der Waals surface area (Å²) in [6.45, 7) is 8.74. The Morgan fingerprint density at radius 1 is 1.11 bits per heavy atom. The third-order valence-electron chi connectivity index (χ3n) is 4.54. The Labute approximate surface area is 113 Å². The van der Waals surface area contributed by atoms with E-state index in [-0.39, 0.29) is 0 Å². The van der Waals surface area contributed by atoms with Crippen molar-refractivity contribution in [3.63, 3.8) is 0 Å². The molecular formula is C15H31N3. The van der Waals surface area contributed by atoms with Crippen LogP contribution >= 0.6 is 0 Å². The summed E-state index contributed by atoms with van der Waals surface area (Å²) in [4.78, 5) is 5.41. The molecule has 0 aromatic heterocycles. The lowest BCUT2D eigenvalue weighted by Crippen LogP contribution is -2.40. The third kappa shape index (κ3) is 4.52. The molecule has 0 saturated carbocycles. The topological polar surface area (TPSA) is 32.5 Å². The standard InChI is InChI=1S/C15H31N3/c1-14(16)7-3-6-9-17-12-8-15(13-17)18-10-4-2-5-11-18/h14-15H,2-13,16H2,1H3. The zero-order valence-electron chi connectivity index (χ0n) is 12.1. The van der Waals surface area contributed by atoms with E-state index in [1.165, 1.54) is 77.7 Å². The molecule has 3 heteroatoms. The van der Waals surface area contributed by atoms with Gasteiger partial charge in [-0.05, 0) is 65.2 Å². The number of nitrogens with zero attached hydrogens (tertiary/aromatic N) is 2. The maximum atomic E-state index is 5.79. The van der Waals surface area contributed by atoms with Crippen LogP contribution in [0.15, 0.2) is 0 Å². The number of hydrogen-bond acceptors (Lipinski definition) is 3. The van der Waals surface area contributed by atoms with Gasteiger partial charge in [0, 0.05) is 18.6 Å². The molecule has 2 N–H and O–H groups in total. The van der Waals surface area contributed by atoms with Gasteiger partial charge in [-0.1, -0.05) is 12.8 Å². The van der Waals surface area contributed by atoms with Crippen LogP contribution in [0.2, 0.25) is 0 Å². The largest absolute Gasteiger partial charge is 0.328 e. The number of unbranched alkanes of at least 4 members (excludes halogenated alkanes) is 1. The highest BCUT2D eigenvalue weighted by Gasteiger charge is 2.27. The minimum atomic E-state index is 0.379. The molecule has 2 saturated heterocycles. The van der Waals surface area contributed by atoms with Crippen molar-refractivity contribution >= 4 is 0 Å². The fourth-order valence-electron chi connectivity index (χ4n) is 3.40. The Balaban J connectivity index is 1.59. The molecule has 18 heavy (non-hydrogen) atoms. The Bertz CT molecular complexity index is 224. The number of hydrogen-bond donors (Lipinski definition) is 1. The van der Waals surface area contributed by atoms with E-state index in [4.69, 9.17) is 5.73 Å². The van der Waals surface area contributed by atoms with Gasteiger partial charge in [-0.2, -0.15) is 0 Å². The number of likely N-dealkylation sites (tertiary alicyclic amines) is 2. The van der Waals surface area contributed by atoms with Gasteiger partial charge in [0.25, 0.3) is 0 Å². The van der Waals surface area contributed by atoms with Gasteiger partial charge < -0.3 is 10.6 Å². The van der Waals surface area contributed by atoms with Gasteiger partial charge in [-0.3, -0.25) is 4.90 Å². The third-order valence-corrected chi connectivity index (χ3v) is 4.54. The van der Waals surface area contributed by atoms with Crippen molar-refractivity contribution in [1.29, 1.82) is 0 Å². The summed E-state index contributed by atoms with van der Waals surface area (Å²) in [5.74, 6) is 0. The van der Waals surface area contributed by atoms with Gasteiger partial charge in [0.2, 0.25) is 0 Å². The van der Waals surface area contributed by atoms with Gasteiger partial charge in [-0.25, -0.2) is 0 Å². The van der Waals surface area contributed by atoms with Crippen LogP contribution in [0.3, 0.4) is 0 Å². The number of rotatable bonds is 6. The Kier molecular flexibility index (Phi) is 5.93. The van der Waals surface area contributed by atoms with Crippen LogP contribution in [0.5, 0.6) is 0 Å². The summed E-state index contributed by atoms with van der Waals surface area (Å²) in [6, 6.07) is 1.24. The highest BCUT2D eigenvalue weighted by molar-refractivity contribution is 4.84. The van der Waals surface area contributed by atoms with Gasteiger partial charge in [0.1, 0.15) is 0 Å². The molecule has 106 valence electrons. The first-order valence-electron chi connectivity index (χ1n) is 7.97. The first kappa shape index (κ1) is 14.3. The molecule has 2 aliphatic rings. The van der Waals surface area contributed by atoms with Gasteiger partial charge in [0.05, 0.1) is 0 Å². The molecule has 0 aliphatic carbocycles. The van der Waals surface area contributed by atoms with E-state index in [1.54, 1.807) is 0 Å². The van der Waals surface area contributed by atoms with Crippen molar-refractivity contribution in [2.45, 2.75) is 64.0 Å². The smallest absolute Gasteiger partial charge is 0.0235 e. The van der Waals surface area contributed by atoms with Crippen molar-refractivity contribution in [2.24, 2.45) is 5.73 Å². The van der Waals surface area contributed by atoms with E-state index in [2.05, 4.69) is 16.7 Å². The van der Waals surface area contributed by atoms with Crippen LogP contribution in [0.4, 0.5) is 0 Å². The van der Waals surface area contributed by atoms with Gasteiger partial charge >= 0.3 is 0 Å². The van der Waals surface area contributed by atoms with E-state index >= 15 is 0 Å². The van der Waals surface area contributed by atoms with Crippen molar-refractivity contribution in [1.82, 2.24) is 9.80 Å². The molecule has 2 rings (SSSR count). The van der Waals surface area contributed by atoms with E-state index < -0.39 is 0 Å². The van der Waals surface area contributed by atoms with E-state index in [0.717, 1.165) is 6.04 Å². The second-order valence-electron chi connectivity index (χ2n) is 6.31. The molecule has 0 aromatic rings. The maximum Gasteiger partial charge on any atom is 0.0235 e. The molecule has 0 radical (unpaired) electrons. The maximum absolute atomic E-state index is 5.79. The van der Waals surface area contributed by atoms with Crippen LogP contribution < -0.4 is 5.73 Å². The molecular weight excluding hydrogens is 222 g/mol. The Hall–Kier alpha value is -0.120. The lowest BCUT2D eigenvalue weighted by atomic mass is 10.1. The van der Waals surface area contributed by atoms with Crippen molar-refractivity contribution in [3.8, 4) is 0 Å². The fourth-order valence-corrected chi connectivity index (χ4v) is 3.40. The molecule has 2 unspecified atom stereocenters. The van der Waals surface area contributed by atoms with Crippen molar-refractivity contribution in [3.05, 3.63) is 0 Å². The number of nitrogens with two attached hydrogens (primary N) is 1. The Morgan fingerprint density at radius 2 is 1.89 bits per heavy atom. The highest BCUT2D eigenvalue weighted by atomic mass is 15.3. The molecule has 0 amide bonds. The molecule has 0 bridgehead atoms. The average molecular weight is 253 g/mol. The zero-order valence-corrected chi connectivity index (χ0v) is 12.1.